The van der Waals surface area contributed by atoms with Crippen LogP contribution in [0.1, 0.15) is 16.7 Å². The third-order valence-electron chi connectivity index (χ3n) is 4.67. The molecule has 1 aliphatic rings. The Morgan fingerprint density at radius 2 is 1.77 bits per heavy atom. The molecule has 0 saturated carbocycles. The topological polar surface area (TPSA) is 42.4 Å². The summed E-state index contributed by atoms with van der Waals surface area (Å²) in [6.45, 7) is 3.11. The van der Waals surface area contributed by atoms with Crippen LogP contribution in [0.25, 0.3) is 11.1 Å². The van der Waals surface area contributed by atoms with Gasteiger partial charge in [-0.1, -0.05) is 42.0 Å². The van der Waals surface area contributed by atoms with Gasteiger partial charge in [0.25, 0.3) is 5.91 Å². The predicted molar refractivity (Wildman–Crippen MR) is 102 cm³/mol. The quantitative estimate of drug-likeness (QED) is 0.718. The fourth-order valence-electron chi connectivity index (χ4n) is 3.28. The molecular weight excluding hydrogens is 324 g/mol. The minimum Gasteiger partial charge on any atom is -0.367 e. The van der Waals surface area contributed by atoms with Gasteiger partial charge in [-0.15, -0.1) is 0 Å². The summed E-state index contributed by atoms with van der Waals surface area (Å²) < 4.78 is 5.68. The van der Waals surface area contributed by atoms with E-state index in [0.29, 0.717) is 13.2 Å². The highest BCUT2D eigenvalue weighted by Gasteiger charge is 2.24. The number of ether oxygens (including phenoxy) is 1. The Balaban J connectivity index is 1.77. The fraction of sp³-hybridized carbons (Fsp3) is 0.182. The molecule has 0 fully saturated rings. The van der Waals surface area contributed by atoms with Gasteiger partial charge in [0.1, 0.15) is 6.61 Å². The fourth-order valence-corrected chi connectivity index (χ4v) is 3.28. The second kappa shape index (κ2) is 7.10. The van der Waals surface area contributed by atoms with E-state index in [9.17, 15) is 4.79 Å². The summed E-state index contributed by atoms with van der Waals surface area (Å²) in [4.78, 5) is 18.6. The van der Waals surface area contributed by atoms with E-state index in [2.05, 4.69) is 42.2 Å². The average Bonchev–Trinajstić information content (AvgIpc) is 2.83. The van der Waals surface area contributed by atoms with Gasteiger partial charge in [0, 0.05) is 18.0 Å². The van der Waals surface area contributed by atoms with Gasteiger partial charge in [-0.2, -0.15) is 0 Å². The maximum atomic E-state index is 12.7. The second-order valence-electron chi connectivity index (χ2n) is 6.50. The Hall–Kier alpha value is -2.98. The zero-order valence-corrected chi connectivity index (χ0v) is 14.7. The zero-order valence-electron chi connectivity index (χ0n) is 14.7. The maximum Gasteiger partial charge on any atom is 0.253 e. The van der Waals surface area contributed by atoms with E-state index in [1.165, 1.54) is 5.56 Å². The Bertz CT molecular complexity index is 921. The van der Waals surface area contributed by atoms with E-state index in [1.807, 2.05) is 29.2 Å². The van der Waals surface area contributed by atoms with Crippen molar-refractivity contribution < 1.29 is 9.53 Å². The number of hydrogen-bond acceptors (Lipinski definition) is 3. The van der Waals surface area contributed by atoms with Gasteiger partial charge in [-0.3, -0.25) is 9.78 Å². The molecule has 0 radical (unpaired) electrons. The van der Waals surface area contributed by atoms with Crippen molar-refractivity contribution in [2.24, 2.45) is 0 Å². The number of amides is 1. The molecule has 0 unspecified atom stereocenters. The predicted octanol–water partition coefficient (Wildman–Crippen LogP) is 4.12. The van der Waals surface area contributed by atoms with Gasteiger partial charge in [0.05, 0.1) is 18.8 Å². The van der Waals surface area contributed by atoms with Crippen molar-refractivity contribution in [2.75, 3.05) is 11.5 Å². The normalized spacial score (nSPS) is 14.0. The molecule has 0 aliphatic carbocycles. The highest BCUT2D eigenvalue weighted by Crippen LogP contribution is 2.34. The minimum atomic E-state index is -0.0174. The van der Waals surface area contributed by atoms with Crippen LogP contribution in [0.15, 0.2) is 67.0 Å². The Morgan fingerprint density at radius 3 is 2.54 bits per heavy atom. The number of benzene rings is 2. The Morgan fingerprint density at radius 1 is 1.00 bits per heavy atom. The third-order valence-corrected chi connectivity index (χ3v) is 4.67. The van der Waals surface area contributed by atoms with E-state index >= 15 is 0 Å². The number of carbonyl (C=O) groups is 1. The molecule has 1 aliphatic heterocycles. The van der Waals surface area contributed by atoms with Crippen molar-refractivity contribution in [3.05, 3.63) is 83.7 Å². The number of anilines is 1. The van der Waals surface area contributed by atoms with Crippen molar-refractivity contribution in [3.8, 4) is 11.1 Å². The molecule has 1 aromatic heterocycles. The number of aryl methyl sites for hydroxylation is 1. The first kappa shape index (κ1) is 16.5. The summed E-state index contributed by atoms with van der Waals surface area (Å²) in [7, 11) is 0. The van der Waals surface area contributed by atoms with Gasteiger partial charge < -0.3 is 9.64 Å². The van der Waals surface area contributed by atoms with E-state index in [4.69, 9.17) is 4.74 Å². The Labute approximate surface area is 153 Å². The average molecular weight is 344 g/mol. The van der Waals surface area contributed by atoms with Crippen LogP contribution in [0.2, 0.25) is 0 Å². The van der Waals surface area contributed by atoms with E-state index in [1.54, 1.807) is 12.4 Å². The highest BCUT2D eigenvalue weighted by atomic mass is 16.5. The van der Waals surface area contributed by atoms with Crippen LogP contribution in [0, 0.1) is 6.92 Å². The molecule has 0 saturated heterocycles. The summed E-state index contributed by atoms with van der Waals surface area (Å²) in [6, 6.07) is 18.3. The number of aromatic nitrogens is 1. The smallest absolute Gasteiger partial charge is 0.253 e. The van der Waals surface area contributed by atoms with E-state index < -0.39 is 0 Å². The molecule has 4 rings (SSSR count). The summed E-state index contributed by atoms with van der Waals surface area (Å²) in [5, 5.41) is 0. The number of hydrogen-bond donors (Lipinski definition) is 0. The molecule has 1 amide bonds. The first-order valence-corrected chi connectivity index (χ1v) is 8.68. The zero-order chi connectivity index (χ0) is 17.9. The van der Waals surface area contributed by atoms with Gasteiger partial charge in [-0.05, 0) is 41.8 Å². The van der Waals surface area contributed by atoms with Crippen LogP contribution in [0.5, 0.6) is 0 Å². The van der Waals surface area contributed by atoms with Crippen LogP contribution >= 0.6 is 0 Å². The number of carbonyl (C=O) groups excluding carboxylic acids is 1. The van der Waals surface area contributed by atoms with Gasteiger partial charge in [0.15, 0.2) is 0 Å². The van der Waals surface area contributed by atoms with Crippen LogP contribution in [0.4, 0.5) is 5.69 Å². The summed E-state index contributed by atoms with van der Waals surface area (Å²) in [6.07, 6.45) is 3.56. The summed E-state index contributed by atoms with van der Waals surface area (Å²) in [5.74, 6) is -0.0174. The maximum absolute atomic E-state index is 12.7. The molecule has 4 heteroatoms. The standard InChI is InChI=1S/C22H20N2O2/c1-16-5-7-17(8-6-16)13-24-21-4-2-3-19(18-9-11-23-12-10-18)20(21)14-26-15-22(24)25/h2-12H,13-15H2,1H3. The van der Waals surface area contributed by atoms with Crippen LogP contribution < -0.4 is 4.90 Å². The first-order valence-electron chi connectivity index (χ1n) is 8.68. The number of pyridine rings is 1. The lowest BCUT2D eigenvalue weighted by Crippen LogP contribution is -2.32. The number of rotatable bonds is 3. The van der Waals surface area contributed by atoms with Crippen LogP contribution in [0.3, 0.4) is 0 Å². The van der Waals surface area contributed by atoms with Gasteiger partial charge in [-0.25, -0.2) is 0 Å². The molecule has 0 N–H and O–H groups in total. The van der Waals surface area contributed by atoms with Crippen LogP contribution in [-0.2, 0) is 22.7 Å². The third kappa shape index (κ3) is 3.24. The summed E-state index contributed by atoms with van der Waals surface area (Å²) in [5.41, 5.74) is 6.42. The molecule has 2 heterocycles. The first-order chi connectivity index (χ1) is 12.7. The lowest BCUT2D eigenvalue weighted by Gasteiger charge is -2.24. The number of nitrogens with zero attached hydrogens (tertiary/aromatic N) is 2. The molecule has 2 aromatic carbocycles. The molecule has 0 bridgehead atoms. The van der Waals surface area contributed by atoms with E-state index in [0.717, 1.165) is 27.9 Å². The summed E-state index contributed by atoms with van der Waals surface area (Å²) >= 11 is 0. The van der Waals surface area contributed by atoms with Crippen molar-refractivity contribution in [1.82, 2.24) is 4.98 Å². The van der Waals surface area contributed by atoms with E-state index in [-0.39, 0.29) is 12.5 Å². The second-order valence-corrected chi connectivity index (χ2v) is 6.50. The highest BCUT2D eigenvalue weighted by molar-refractivity contribution is 5.96. The monoisotopic (exact) mass is 344 g/mol. The lowest BCUT2D eigenvalue weighted by molar-refractivity contribution is -0.123. The molecule has 0 atom stereocenters. The van der Waals surface area contributed by atoms with Gasteiger partial charge >= 0.3 is 0 Å². The van der Waals surface area contributed by atoms with Crippen molar-refractivity contribution in [2.45, 2.75) is 20.1 Å². The Kier molecular flexibility index (Phi) is 4.50. The van der Waals surface area contributed by atoms with Crippen molar-refractivity contribution in [1.29, 1.82) is 0 Å². The van der Waals surface area contributed by atoms with Crippen molar-refractivity contribution in [3.63, 3.8) is 0 Å². The molecule has 130 valence electrons. The van der Waals surface area contributed by atoms with Crippen molar-refractivity contribution >= 4 is 11.6 Å². The molecular formula is C22H20N2O2. The molecule has 26 heavy (non-hydrogen) atoms. The molecule has 4 nitrogen and oxygen atoms in total. The minimum absolute atomic E-state index is 0.0174. The SMILES string of the molecule is Cc1ccc(CN2C(=O)COCc3c(-c4ccncc4)cccc32)cc1. The lowest BCUT2D eigenvalue weighted by atomic mass is 9.98. The molecule has 3 aromatic rings. The van der Waals surface area contributed by atoms with Gasteiger partial charge in [0.2, 0.25) is 0 Å². The molecule has 0 spiro atoms. The number of fused-ring (bicyclic) bond motifs is 1. The largest absolute Gasteiger partial charge is 0.367 e. The van der Waals surface area contributed by atoms with Crippen LogP contribution in [-0.4, -0.2) is 17.5 Å².